The first kappa shape index (κ1) is 11.3. The maximum Gasteiger partial charge on any atom is 0.163 e. The Hall–Kier alpha value is -1.22. The largest absolute Gasteiger partial charge is 0.504 e. The second kappa shape index (κ2) is 3.67. The van der Waals surface area contributed by atoms with Gasteiger partial charge in [0.2, 0.25) is 0 Å². The summed E-state index contributed by atoms with van der Waals surface area (Å²) < 4.78 is 5.19. The van der Waals surface area contributed by atoms with E-state index in [2.05, 4.69) is 0 Å². The fourth-order valence-electron chi connectivity index (χ4n) is 2.48. The lowest BCUT2D eigenvalue weighted by molar-refractivity contribution is 0.250. The van der Waals surface area contributed by atoms with Crippen molar-refractivity contribution in [2.45, 2.75) is 38.6 Å². The smallest absolute Gasteiger partial charge is 0.163 e. The number of hydrogen-bond donors (Lipinski definition) is 2. The molecule has 3 N–H and O–H groups in total. The van der Waals surface area contributed by atoms with Gasteiger partial charge in [-0.3, -0.25) is 0 Å². The molecule has 0 spiro atoms. The molecule has 0 unspecified atom stereocenters. The Labute approximate surface area is 96.2 Å². The molecular weight excluding hydrogens is 202 g/mol. The minimum atomic E-state index is -0.238. The number of hydrogen-bond acceptors (Lipinski definition) is 3. The summed E-state index contributed by atoms with van der Waals surface area (Å²) in [7, 11) is 1.57. The van der Waals surface area contributed by atoms with Gasteiger partial charge in [-0.1, -0.05) is 0 Å². The first-order chi connectivity index (χ1) is 7.49. The van der Waals surface area contributed by atoms with E-state index in [1.54, 1.807) is 13.2 Å². The quantitative estimate of drug-likeness (QED) is 0.806. The van der Waals surface area contributed by atoms with E-state index in [9.17, 15) is 5.11 Å². The first-order valence-electron chi connectivity index (χ1n) is 5.66. The Morgan fingerprint density at radius 1 is 1.31 bits per heavy atom. The van der Waals surface area contributed by atoms with Gasteiger partial charge in [-0.05, 0) is 55.9 Å². The lowest BCUT2D eigenvalue weighted by atomic mass is 9.71. The second-order valence-corrected chi connectivity index (χ2v) is 4.74. The highest BCUT2D eigenvalue weighted by Crippen LogP contribution is 2.44. The van der Waals surface area contributed by atoms with Crippen molar-refractivity contribution < 1.29 is 9.84 Å². The van der Waals surface area contributed by atoms with Crippen LogP contribution in [0.25, 0.3) is 0 Å². The molecule has 1 aromatic carbocycles. The fraction of sp³-hybridized carbons (Fsp3) is 0.538. The molecular formula is C13H19NO2. The van der Waals surface area contributed by atoms with Crippen LogP contribution in [-0.2, 0) is 5.54 Å². The minimum absolute atomic E-state index is 0.192. The van der Waals surface area contributed by atoms with E-state index in [1.165, 1.54) is 6.42 Å². The molecule has 0 saturated heterocycles. The zero-order valence-electron chi connectivity index (χ0n) is 10.1. The van der Waals surface area contributed by atoms with Crippen molar-refractivity contribution in [2.24, 2.45) is 5.73 Å². The summed E-state index contributed by atoms with van der Waals surface area (Å²) in [5, 5.41) is 9.90. The lowest BCUT2D eigenvalue weighted by Crippen LogP contribution is -2.43. The molecule has 1 aliphatic rings. The molecule has 1 fully saturated rings. The number of nitrogens with two attached hydrogens (primary N) is 1. The highest BCUT2D eigenvalue weighted by Gasteiger charge is 2.36. The summed E-state index contributed by atoms with van der Waals surface area (Å²) >= 11 is 0. The van der Waals surface area contributed by atoms with Crippen molar-refractivity contribution in [1.82, 2.24) is 0 Å². The number of phenols is 1. The Balaban J connectivity index is 2.56. The highest BCUT2D eigenvalue weighted by atomic mass is 16.5. The molecule has 0 amide bonds. The Bertz CT molecular complexity index is 422. The third-order valence-electron chi connectivity index (χ3n) is 3.81. The average Bonchev–Trinajstić information content (AvgIpc) is 2.21. The average molecular weight is 221 g/mol. The second-order valence-electron chi connectivity index (χ2n) is 4.74. The summed E-state index contributed by atoms with van der Waals surface area (Å²) in [6.45, 7) is 4.00. The molecule has 0 bridgehead atoms. The highest BCUT2D eigenvalue weighted by molar-refractivity contribution is 5.55. The van der Waals surface area contributed by atoms with Gasteiger partial charge in [0.25, 0.3) is 0 Å². The molecule has 0 aromatic heterocycles. The van der Waals surface area contributed by atoms with Crippen LogP contribution in [0.1, 0.15) is 36.0 Å². The normalized spacial score (nSPS) is 18.0. The van der Waals surface area contributed by atoms with Gasteiger partial charge < -0.3 is 15.6 Å². The molecule has 2 rings (SSSR count). The summed E-state index contributed by atoms with van der Waals surface area (Å²) in [5.74, 6) is 0.751. The first-order valence-corrected chi connectivity index (χ1v) is 5.66. The Morgan fingerprint density at radius 3 is 2.38 bits per heavy atom. The number of ether oxygens (including phenoxy) is 1. The van der Waals surface area contributed by atoms with Crippen LogP contribution in [-0.4, -0.2) is 12.2 Å². The predicted molar refractivity (Wildman–Crippen MR) is 63.8 cm³/mol. The number of rotatable bonds is 2. The standard InChI is InChI=1S/C13H19NO2/c1-8-9(2)12(16-3)11(15)7-10(8)13(14)5-4-6-13/h7,15H,4-6,14H2,1-3H3. The summed E-state index contributed by atoms with van der Waals surface area (Å²) in [6.07, 6.45) is 3.17. The van der Waals surface area contributed by atoms with Crippen LogP contribution in [0.15, 0.2) is 6.07 Å². The van der Waals surface area contributed by atoms with Gasteiger partial charge in [0.05, 0.1) is 7.11 Å². The molecule has 0 atom stereocenters. The number of aromatic hydroxyl groups is 1. The van der Waals surface area contributed by atoms with Gasteiger partial charge in [-0.15, -0.1) is 0 Å². The summed E-state index contributed by atoms with van der Waals surface area (Å²) in [5.41, 5.74) is 9.25. The van der Waals surface area contributed by atoms with Crippen molar-refractivity contribution in [3.05, 3.63) is 22.8 Å². The monoisotopic (exact) mass is 221 g/mol. The lowest BCUT2D eigenvalue weighted by Gasteiger charge is -2.40. The molecule has 3 nitrogen and oxygen atoms in total. The Morgan fingerprint density at radius 2 is 1.94 bits per heavy atom. The number of phenolic OH excluding ortho intramolecular Hbond substituents is 1. The van der Waals surface area contributed by atoms with E-state index in [-0.39, 0.29) is 11.3 Å². The van der Waals surface area contributed by atoms with Crippen molar-refractivity contribution in [2.75, 3.05) is 7.11 Å². The topological polar surface area (TPSA) is 55.5 Å². The number of methoxy groups -OCH3 is 1. The van der Waals surface area contributed by atoms with E-state index in [0.717, 1.165) is 29.5 Å². The van der Waals surface area contributed by atoms with Crippen molar-refractivity contribution in [3.63, 3.8) is 0 Å². The van der Waals surface area contributed by atoms with Crippen LogP contribution in [0.4, 0.5) is 0 Å². The van der Waals surface area contributed by atoms with Gasteiger partial charge in [0, 0.05) is 5.54 Å². The maximum absolute atomic E-state index is 9.90. The van der Waals surface area contributed by atoms with E-state index in [1.807, 2.05) is 13.8 Å². The molecule has 1 aliphatic carbocycles. The molecule has 16 heavy (non-hydrogen) atoms. The third-order valence-corrected chi connectivity index (χ3v) is 3.81. The van der Waals surface area contributed by atoms with E-state index in [4.69, 9.17) is 10.5 Å². The maximum atomic E-state index is 9.90. The molecule has 1 aromatic rings. The van der Waals surface area contributed by atoms with Crippen molar-refractivity contribution in [1.29, 1.82) is 0 Å². The van der Waals surface area contributed by atoms with Crippen molar-refractivity contribution >= 4 is 0 Å². The van der Waals surface area contributed by atoms with Gasteiger partial charge in [0.15, 0.2) is 11.5 Å². The van der Waals surface area contributed by atoms with Gasteiger partial charge in [-0.25, -0.2) is 0 Å². The van der Waals surface area contributed by atoms with E-state index in [0.29, 0.717) is 5.75 Å². The van der Waals surface area contributed by atoms with Gasteiger partial charge in [-0.2, -0.15) is 0 Å². The minimum Gasteiger partial charge on any atom is -0.504 e. The molecule has 0 radical (unpaired) electrons. The van der Waals surface area contributed by atoms with E-state index < -0.39 is 0 Å². The van der Waals surface area contributed by atoms with Crippen molar-refractivity contribution in [3.8, 4) is 11.5 Å². The third kappa shape index (κ3) is 1.47. The zero-order chi connectivity index (χ0) is 11.9. The summed E-state index contributed by atoms with van der Waals surface area (Å²) in [4.78, 5) is 0. The van der Waals surface area contributed by atoms with Gasteiger partial charge in [0.1, 0.15) is 0 Å². The van der Waals surface area contributed by atoms with Crippen LogP contribution in [0.3, 0.4) is 0 Å². The fourth-order valence-corrected chi connectivity index (χ4v) is 2.48. The molecule has 3 heteroatoms. The Kier molecular flexibility index (Phi) is 2.58. The molecule has 0 aliphatic heterocycles. The van der Waals surface area contributed by atoms with Crippen LogP contribution in [0, 0.1) is 13.8 Å². The van der Waals surface area contributed by atoms with Crippen LogP contribution >= 0.6 is 0 Å². The van der Waals surface area contributed by atoms with E-state index >= 15 is 0 Å². The molecule has 88 valence electrons. The van der Waals surface area contributed by atoms with Crippen LogP contribution < -0.4 is 10.5 Å². The molecule has 1 saturated carbocycles. The van der Waals surface area contributed by atoms with Crippen LogP contribution in [0.2, 0.25) is 0 Å². The number of benzene rings is 1. The predicted octanol–water partition coefficient (Wildman–Crippen LogP) is 2.36. The zero-order valence-corrected chi connectivity index (χ0v) is 10.1. The van der Waals surface area contributed by atoms with Crippen LogP contribution in [0.5, 0.6) is 11.5 Å². The molecule has 0 heterocycles. The summed E-state index contributed by atoms with van der Waals surface area (Å²) in [6, 6.07) is 1.76. The van der Waals surface area contributed by atoms with Gasteiger partial charge >= 0.3 is 0 Å². The SMILES string of the molecule is COc1c(O)cc(C2(N)CCC2)c(C)c1C.